The minimum Gasteiger partial charge on any atom is -0.462 e. The fourth-order valence-electron chi connectivity index (χ4n) is 4.03. The number of anilines is 1. The molecule has 152 valence electrons. The van der Waals surface area contributed by atoms with Crippen LogP contribution in [0.3, 0.4) is 0 Å². The van der Waals surface area contributed by atoms with Gasteiger partial charge >= 0.3 is 5.97 Å². The molecule has 0 radical (unpaired) electrons. The lowest BCUT2D eigenvalue weighted by molar-refractivity contribution is 0.0531. The van der Waals surface area contributed by atoms with Gasteiger partial charge in [0.2, 0.25) is 0 Å². The van der Waals surface area contributed by atoms with Crippen LogP contribution in [0.1, 0.15) is 46.7 Å². The zero-order valence-electron chi connectivity index (χ0n) is 16.7. The number of esters is 1. The largest absolute Gasteiger partial charge is 0.462 e. The number of piperidine rings is 1. The van der Waals surface area contributed by atoms with Crippen LogP contribution in [-0.4, -0.2) is 40.7 Å². The van der Waals surface area contributed by atoms with Crippen molar-refractivity contribution in [1.82, 2.24) is 9.97 Å². The maximum absolute atomic E-state index is 12.3. The lowest BCUT2D eigenvalue weighted by Crippen LogP contribution is -2.36. The third-order valence-corrected chi connectivity index (χ3v) is 6.77. The number of fused-ring (bicyclic) bond motifs is 1. The number of aryl methyl sites for hydroxylation is 1. The molecule has 7 heteroatoms. The predicted molar refractivity (Wildman–Crippen MR) is 114 cm³/mol. The Kier molecular flexibility index (Phi) is 5.78. The Hall–Kier alpha value is -2.51. The van der Waals surface area contributed by atoms with E-state index in [1.54, 1.807) is 13.3 Å². The van der Waals surface area contributed by atoms with Crippen LogP contribution >= 0.6 is 11.3 Å². The number of thiophene rings is 1. The number of aromatic nitrogens is 2. The Balaban J connectivity index is 1.55. The number of benzene rings is 1. The number of hydrogen-bond donors (Lipinski definition) is 1. The molecule has 29 heavy (non-hydrogen) atoms. The normalized spacial score (nSPS) is 16.2. The maximum atomic E-state index is 12.3. The van der Waals surface area contributed by atoms with E-state index in [0.29, 0.717) is 11.5 Å². The molecule has 3 heterocycles. The van der Waals surface area contributed by atoms with Gasteiger partial charge in [0.25, 0.3) is 0 Å². The van der Waals surface area contributed by atoms with Crippen molar-refractivity contribution >= 4 is 33.3 Å². The highest BCUT2D eigenvalue weighted by Gasteiger charge is 2.29. The quantitative estimate of drug-likeness (QED) is 0.637. The summed E-state index contributed by atoms with van der Waals surface area (Å²) in [5, 5.41) is 11.7. The van der Waals surface area contributed by atoms with E-state index in [0.717, 1.165) is 53.1 Å². The first kappa shape index (κ1) is 19.8. The summed E-state index contributed by atoms with van der Waals surface area (Å²) in [6.45, 7) is 5.71. The number of rotatable bonds is 5. The van der Waals surface area contributed by atoms with Gasteiger partial charge in [-0.15, -0.1) is 11.3 Å². The van der Waals surface area contributed by atoms with Crippen molar-refractivity contribution in [3.05, 3.63) is 52.7 Å². The Bertz CT molecular complexity index is 997. The van der Waals surface area contributed by atoms with Gasteiger partial charge in [-0.2, -0.15) is 0 Å². The number of hydrogen-bond acceptors (Lipinski definition) is 7. The van der Waals surface area contributed by atoms with Crippen molar-refractivity contribution in [2.45, 2.75) is 32.8 Å². The summed E-state index contributed by atoms with van der Waals surface area (Å²) in [6.07, 6.45) is 2.89. The van der Waals surface area contributed by atoms with Gasteiger partial charge in [-0.1, -0.05) is 30.3 Å². The van der Waals surface area contributed by atoms with E-state index in [1.807, 2.05) is 37.3 Å². The van der Waals surface area contributed by atoms with E-state index in [1.165, 1.54) is 11.3 Å². The van der Waals surface area contributed by atoms with Crippen LogP contribution in [0.5, 0.6) is 0 Å². The molecule has 0 spiro atoms. The second kappa shape index (κ2) is 8.47. The first-order valence-electron chi connectivity index (χ1n) is 9.99. The number of ether oxygens (including phenoxy) is 1. The molecule has 0 unspecified atom stereocenters. The van der Waals surface area contributed by atoms with Crippen LogP contribution in [-0.2, 0) is 4.74 Å². The molecule has 1 atom stereocenters. The summed E-state index contributed by atoms with van der Waals surface area (Å²) in [5.41, 5.74) is 1.86. The van der Waals surface area contributed by atoms with Crippen molar-refractivity contribution in [3.8, 4) is 0 Å². The van der Waals surface area contributed by atoms with Crippen molar-refractivity contribution in [2.24, 2.45) is 5.92 Å². The second-order valence-corrected chi connectivity index (χ2v) is 8.33. The van der Waals surface area contributed by atoms with Crippen LogP contribution in [0, 0.1) is 12.8 Å². The van der Waals surface area contributed by atoms with Crippen molar-refractivity contribution in [3.63, 3.8) is 0 Å². The van der Waals surface area contributed by atoms with Gasteiger partial charge in [-0.05, 0) is 43.7 Å². The summed E-state index contributed by atoms with van der Waals surface area (Å²) in [5.74, 6) is 0.792. The smallest absolute Gasteiger partial charge is 0.348 e. The molecule has 1 aromatic carbocycles. The number of nitrogens with zero attached hydrogens (tertiary/aromatic N) is 3. The fourth-order valence-corrected chi connectivity index (χ4v) is 5.07. The molecule has 0 amide bonds. The summed E-state index contributed by atoms with van der Waals surface area (Å²) in [6, 6.07) is 9.86. The van der Waals surface area contributed by atoms with E-state index >= 15 is 0 Å². The van der Waals surface area contributed by atoms with Gasteiger partial charge < -0.3 is 14.7 Å². The molecule has 0 aliphatic carbocycles. The molecule has 1 aliphatic heterocycles. The van der Waals surface area contributed by atoms with Crippen LogP contribution in [0.2, 0.25) is 0 Å². The van der Waals surface area contributed by atoms with Crippen LogP contribution in [0.4, 0.5) is 5.82 Å². The average molecular weight is 412 g/mol. The Morgan fingerprint density at radius 3 is 2.69 bits per heavy atom. The highest BCUT2D eigenvalue weighted by Crippen LogP contribution is 2.38. The molecule has 1 aliphatic rings. The molecule has 3 aromatic rings. The van der Waals surface area contributed by atoms with Gasteiger partial charge in [-0.3, -0.25) is 0 Å². The first-order valence-corrected chi connectivity index (χ1v) is 10.8. The Morgan fingerprint density at radius 1 is 1.28 bits per heavy atom. The molecule has 0 saturated carbocycles. The highest BCUT2D eigenvalue weighted by molar-refractivity contribution is 7.20. The number of aliphatic hydroxyl groups excluding tert-OH is 1. The molecule has 4 rings (SSSR count). The summed E-state index contributed by atoms with van der Waals surface area (Å²) >= 11 is 1.36. The van der Waals surface area contributed by atoms with Crippen LogP contribution < -0.4 is 4.90 Å². The van der Waals surface area contributed by atoms with Crippen molar-refractivity contribution in [1.29, 1.82) is 0 Å². The van der Waals surface area contributed by atoms with Crippen molar-refractivity contribution in [2.75, 3.05) is 24.6 Å². The Morgan fingerprint density at radius 2 is 2.00 bits per heavy atom. The van der Waals surface area contributed by atoms with Gasteiger partial charge in [0.1, 0.15) is 21.9 Å². The topological polar surface area (TPSA) is 75.5 Å². The third-order valence-electron chi connectivity index (χ3n) is 5.59. The lowest BCUT2D eigenvalue weighted by atomic mass is 9.87. The number of carbonyl (C=O) groups is 1. The first-order chi connectivity index (χ1) is 14.1. The monoisotopic (exact) mass is 411 g/mol. The van der Waals surface area contributed by atoms with Gasteiger partial charge in [0, 0.05) is 13.1 Å². The zero-order chi connectivity index (χ0) is 20.4. The zero-order valence-corrected chi connectivity index (χ0v) is 17.5. The van der Waals surface area contributed by atoms with Crippen molar-refractivity contribution < 1.29 is 14.6 Å². The molecular weight excluding hydrogens is 386 g/mol. The van der Waals surface area contributed by atoms with Gasteiger partial charge in [0.15, 0.2) is 0 Å². The SMILES string of the molecule is CCOC(=O)c1sc2ncnc(N3CCC([C@H](O)c4ccccc4)CC3)c2c1C. The van der Waals surface area contributed by atoms with E-state index in [4.69, 9.17) is 4.74 Å². The van der Waals surface area contributed by atoms with Crippen LogP contribution in [0.25, 0.3) is 10.2 Å². The summed E-state index contributed by atoms with van der Waals surface area (Å²) in [7, 11) is 0. The summed E-state index contributed by atoms with van der Waals surface area (Å²) < 4.78 is 5.19. The predicted octanol–water partition coefficient (Wildman–Crippen LogP) is 4.13. The van der Waals surface area contributed by atoms with E-state index in [-0.39, 0.29) is 11.9 Å². The summed E-state index contributed by atoms with van der Waals surface area (Å²) in [4.78, 5) is 24.8. The van der Waals surface area contributed by atoms with E-state index in [2.05, 4.69) is 14.9 Å². The van der Waals surface area contributed by atoms with Gasteiger partial charge in [-0.25, -0.2) is 14.8 Å². The molecule has 1 saturated heterocycles. The molecular formula is C22H25N3O3S. The molecule has 6 nitrogen and oxygen atoms in total. The third kappa shape index (κ3) is 3.84. The lowest BCUT2D eigenvalue weighted by Gasteiger charge is -2.35. The van der Waals surface area contributed by atoms with E-state index in [9.17, 15) is 9.90 Å². The minimum absolute atomic E-state index is 0.227. The molecule has 1 N–H and O–H groups in total. The molecule has 1 fully saturated rings. The number of carbonyl (C=O) groups excluding carboxylic acids is 1. The molecule has 0 bridgehead atoms. The Labute approximate surface area is 174 Å². The average Bonchev–Trinajstić information content (AvgIpc) is 3.11. The van der Waals surface area contributed by atoms with E-state index < -0.39 is 6.10 Å². The highest BCUT2D eigenvalue weighted by atomic mass is 32.1. The maximum Gasteiger partial charge on any atom is 0.348 e. The van der Waals surface area contributed by atoms with Gasteiger partial charge in [0.05, 0.1) is 18.1 Å². The molecule has 2 aromatic heterocycles. The standard InChI is InChI=1S/C22H25N3O3S/c1-3-28-22(27)19-14(2)17-20(23-13-24-21(17)29-19)25-11-9-16(10-12-25)18(26)15-7-5-4-6-8-15/h4-8,13,16,18,26H,3,9-12H2,1-2H3/t18-/m1/s1. The van der Waals surface area contributed by atoms with Crippen LogP contribution in [0.15, 0.2) is 36.7 Å². The fraction of sp³-hybridized carbons (Fsp3) is 0.409. The second-order valence-electron chi connectivity index (χ2n) is 7.33. The number of aliphatic hydroxyl groups is 1. The minimum atomic E-state index is -0.443.